The molecule has 6 amide bonds. The Bertz CT molecular complexity index is 1580. The number of phenolic OH excluding ortho intramolecular Hbond substituents is 1. The second-order valence-electron chi connectivity index (χ2n) is 13.3. The van der Waals surface area contributed by atoms with Crippen LogP contribution in [0.1, 0.15) is 64.4 Å². The zero-order chi connectivity index (χ0) is 42.7. The molecule has 12 N–H and O–H groups in total. The Morgan fingerprint density at radius 2 is 1.63 bits per heavy atom. The van der Waals surface area contributed by atoms with Gasteiger partial charge in [-0.2, -0.15) is 0 Å². The number of aliphatic hydroxyl groups is 1. The molecular formula is C35H55N9O13. The van der Waals surface area contributed by atoms with Gasteiger partial charge in [0.15, 0.2) is 6.04 Å². The van der Waals surface area contributed by atoms with Crippen molar-refractivity contribution in [2.24, 2.45) is 10.7 Å². The normalized spacial score (nSPS) is 16.1. The number of carbonyl (C=O) groups excluding carboxylic acids is 6. The molecule has 0 aromatic heterocycles. The van der Waals surface area contributed by atoms with Crippen molar-refractivity contribution in [3.05, 3.63) is 29.8 Å². The highest BCUT2D eigenvalue weighted by Gasteiger charge is 2.36. The van der Waals surface area contributed by atoms with Crippen LogP contribution in [-0.4, -0.2) is 159 Å². The van der Waals surface area contributed by atoms with E-state index in [1.54, 1.807) is 18.2 Å². The first-order valence-electron chi connectivity index (χ1n) is 18.4. The molecule has 0 radical (unpaired) electrons. The van der Waals surface area contributed by atoms with Crippen LogP contribution in [0.2, 0.25) is 0 Å². The first-order valence-corrected chi connectivity index (χ1v) is 18.4. The quantitative estimate of drug-likeness (QED) is 0.0272. The summed E-state index contributed by atoms with van der Waals surface area (Å²) in [5.74, 6) is -5.91. The summed E-state index contributed by atoms with van der Waals surface area (Å²) in [6, 6.07) is -0.256. The second kappa shape index (κ2) is 24.3. The van der Waals surface area contributed by atoms with Crippen molar-refractivity contribution in [2.45, 2.75) is 95.1 Å². The van der Waals surface area contributed by atoms with Crippen LogP contribution in [0.3, 0.4) is 0 Å². The highest BCUT2D eigenvalue weighted by atomic mass is 16.5. The number of phenols is 1. The molecule has 0 bridgehead atoms. The number of carboxylic acid groups (broad SMARTS) is 1. The molecule has 2 rings (SSSR count). The molecule has 318 valence electrons. The molecule has 22 heteroatoms. The van der Waals surface area contributed by atoms with E-state index in [9.17, 15) is 54.1 Å². The standard InChI is InChI=1S/C35H55N9O13/c1-20(45)29(42-28(48)14-17-37-30(49)25-19-57-33(41-25)22-9-4-5-13-27(22)47)34(52)43(3)26(12-7-16-38-55)32(51)39-23(10-6-15-36)31(50)40-24(35(53)54)11-8-18-44(56)21(2)46/h4-5,9,13,20,23-26,29,38,45,47,55-56H,6-8,10-12,14-19,36H2,1-3H3,(H,37,49)(H,39,51)(H,40,50)(H,42,48)(H,53,54)/t20-,23+,24+,25+,26+,29-/m1/s1. The average Bonchev–Trinajstić information content (AvgIpc) is 3.66. The van der Waals surface area contributed by atoms with Crippen LogP contribution >= 0.6 is 0 Å². The minimum Gasteiger partial charge on any atom is -0.507 e. The van der Waals surface area contributed by atoms with Crippen molar-refractivity contribution in [1.82, 2.24) is 36.7 Å². The largest absolute Gasteiger partial charge is 0.507 e. The molecule has 1 heterocycles. The van der Waals surface area contributed by atoms with Crippen molar-refractivity contribution in [2.75, 3.05) is 39.8 Å². The fourth-order valence-corrected chi connectivity index (χ4v) is 5.60. The van der Waals surface area contributed by atoms with Crippen LogP contribution in [0.15, 0.2) is 29.3 Å². The molecule has 0 fully saturated rings. The topological polar surface area (TPSA) is 335 Å². The number of carboxylic acids is 1. The maximum absolute atomic E-state index is 13.7. The van der Waals surface area contributed by atoms with E-state index in [1.165, 1.54) is 20.0 Å². The lowest BCUT2D eigenvalue weighted by Crippen LogP contribution is -2.59. The number of nitrogens with one attached hydrogen (secondary N) is 5. The van der Waals surface area contributed by atoms with E-state index < -0.39 is 77.7 Å². The number of likely N-dealkylation sites (N-methyl/N-ethyl adjacent to an activating group) is 1. The summed E-state index contributed by atoms with van der Waals surface area (Å²) in [5.41, 5.74) is 7.89. The lowest BCUT2D eigenvalue weighted by molar-refractivity contribution is -0.163. The Balaban J connectivity index is 2.10. The molecule has 6 atom stereocenters. The van der Waals surface area contributed by atoms with Gasteiger partial charge in [0.2, 0.25) is 41.3 Å². The maximum atomic E-state index is 13.7. The van der Waals surface area contributed by atoms with Gasteiger partial charge in [-0.25, -0.2) is 20.3 Å². The van der Waals surface area contributed by atoms with Gasteiger partial charge in [-0.05, 0) is 64.1 Å². The van der Waals surface area contributed by atoms with Crippen molar-refractivity contribution in [3.63, 3.8) is 0 Å². The van der Waals surface area contributed by atoms with Crippen molar-refractivity contribution < 1.29 is 64.0 Å². The number of hydrogen-bond donors (Lipinski definition) is 11. The van der Waals surface area contributed by atoms with Gasteiger partial charge in [0.1, 0.15) is 36.5 Å². The molecule has 0 unspecified atom stereocenters. The van der Waals surface area contributed by atoms with Gasteiger partial charge in [0.25, 0.3) is 0 Å². The first-order chi connectivity index (χ1) is 27.0. The molecule has 1 aromatic rings. The monoisotopic (exact) mass is 809 g/mol. The highest BCUT2D eigenvalue weighted by molar-refractivity contribution is 6.00. The molecule has 22 nitrogen and oxygen atoms in total. The summed E-state index contributed by atoms with van der Waals surface area (Å²) in [7, 11) is 1.25. The minimum absolute atomic E-state index is 0.00864. The molecule has 0 spiro atoms. The van der Waals surface area contributed by atoms with E-state index >= 15 is 0 Å². The highest BCUT2D eigenvalue weighted by Crippen LogP contribution is 2.21. The molecule has 57 heavy (non-hydrogen) atoms. The number of amides is 6. The van der Waals surface area contributed by atoms with E-state index in [1.807, 2.05) is 5.48 Å². The number of para-hydroxylation sites is 1. The minimum atomic E-state index is -1.55. The number of hydroxylamine groups is 3. The van der Waals surface area contributed by atoms with Gasteiger partial charge in [-0.1, -0.05) is 12.1 Å². The number of carbonyl (C=O) groups is 7. The molecular weight excluding hydrogens is 754 g/mol. The lowest BCUT2D eigenvalue weighted by atomic mass is 10.0. The van der Waals surface area contributed by atoms with E-state index in [0.717, 1.165) is 11.8 Å². The maximum Gasteiger partial charge on any atom is 0.326 e. The predicted octanol–water partition coefficient (Wildman–Crippen LogP) is -2.69. The molecule has 0 saturated carbocycles. The zero-order valence-corrected chi connectivity index (χ0v) is 32.2. The smallest absolute Gasteiger partial charge is 0.326 e. The first kappa shape index (κ1) is 47.7. The molecule has 1 aromatic carbocycles. The van der Waals surface area contributed by atoms with Crippen LogP contribution in [0.25, 0.3) is 0 Å². The van der Waals surface area contributed by atoms with Gasteiger partial charge < -0.3 is 57.2 Å². The molecule has 0 saturated heterocycles. The van der Waals surface area contributed by atoms with E-state index in [4.69, 9.17) is 15.7 Å². The fourth-order valence-electron chi connectivity index (χ4n) is 5.60. The van der Waals surface area contributed by atoms with Crippen LogP contribution in [0.5, 0.6) is 5.75 Å². The third kappa shape index (κ3) is 15.6. The van der Waals surface area contributed by atoms with Gasteiger partial charge >= 0.3 is 5.97 Å². The van der Waals surface area contributed by atoms with Crippen LogP contribution in [-0.2, 0) is 38.3 Å². The SMILES string of the molecule is CC(=O)N(O)CCC[C@H](NC(=O)[C@H](CCCN)NC(=O)[C@H](CCCNO)N(C)C(=O)[C@H](NC(=O)CCNC(=O)[C@@H]1COC(c2ccccc2O)=N1)[C@@H](C)O)C(=O)O. The third-order valence-electron chi connectivity index (χ3n) is 8.86. The van der Waals surface area contributed by atoms with Crippen molar-refractivity contribution in [3.8, 4) is 5.75 Å². The van der Waals surface area contributed by atoms with Crippen molar-refractivity contribution in [1.29, 1.82) is 0 Å². The zero-order valence-electron chi connectivity index (χ0n) is 32.2. The van der Waals surface area contributed by atoms with Crippen LogP contribution in [0, 0.1) is 0 Å². The Morgan fingerprint density at radius 3 is 2.25 bits per heavy atom. The molecule has 0 aliphatic carbocycles. The van der Waals surface area contributed by atoms with E-state index in [0.29, 0.717) is 10.6 Å². The lowest BCUT2D eigenvalue weighted by Gasteiger charge is -2.33. The number of nitrogens with two attached hydrogens (primary N) is 1. The number of nitrogens with zero attached hydrogens (tertiary/aromatic N) is 3. The number of aromatic hydroxyl groups is 1. The fraction of sp³-hybridized carbons (Fsp3) is 0.600. The number of ether oxygens (including phenoxy) is 1. The summed E-state index contributed by atoms with van der Waals surface area (Å²) in [6.45, 7) is 2.03. The average molecular weight is 810 g/mol. The number of benzene rings is 1. The Hall–Kier alpha value is -5.42. The predicted molar refractivity (Wildman–Crippen MR) is 199 cm³/mol. The summed E-state index contributed by atoms with van der Waals surface area (Å²) < 4.78 is 5.45. The second-order valence-corrected chi connectivity index (χ2v) is 13.3. The molecule has 1 aliphatic rings. The Kier molecular flexibility index (Phi) is 20.3. The van der Waals surface area contributed by atoms with Gasteiger partial charge in [0, 0.05) is 40.0 Å². The summed E-state index contributed by atoms with van der Waals surface area (Å²) in [5, 5.41) is 59.2. The number of aliphatic carboxylic acids is 1. The third-order valence-corrected chi connectivity index (χ3v) is 8.86. The summed E-state index contributed by atoms with van der Waals surface area (Å²) >= 11 is 0. The van der Waals surface area contributed by atoms with Gasteiger partial charge in [-0.3, -0.25) is 34.0 Å². The van der Waals surface area contributed by atoms with Crippen LogP contribution < -0.4 is 32.5 Å². The van der Waals surface area contributed by atoms with Crippen molar-refractivity contribution >= 4 is 47.3 Å². The number of hydrogen-bond acceptors (Lipinski definition) is 15. The van der Waals surface area contributed by atoms with Gasteiger partial charge in [0.05, 0.1) is 11.7 Å². The Labute approximate surface area is 329 Å². The summed E-state index contributed by atoms with van der Waals surface area (Å²) in [4.78, 5) is 94.7. The van der Waals surface area contributed by atoms with Gasteiger partial charge in [-0.15, -0.1) is 0 Å². The number of rotatable bonds is 25. The van der Waals surface area contributed by atoms with E-state index in [2.05, 4.69) is 26.3 Å². The number of aliphatic hydroxyl groups excluding tert-OH is 1. The number of aliphatic imine (C=N–C) groups is 1. The summed E-state index contributed by atoms with van der Waals surface area (Å²) in [6.07, 6.45) is -1.62. The Morgan fingerprint density at radius 1 is 0.965 bits per heavy atom. The molecule has 1 aliphatic heterocycles. The van der Waals surface area contributed by atoms with E-state index in [-0.39, 0.29) is 89.4 Å². The van der Waals surface area contributed by atoms with Crippen LogP contribution in [0.4, 0.5) is 0 Å².